The van der Waals surface area contributed by atoms with Crippen molar-refractivity contribution in [1.82, 2.24) is 5.32 Å². The lowest BCUT2D eigenvalue weighted by Crippen LogP contribution is -2.28. The Morgan fingerprint density at radius 3 is 2.95 bits per heavy atom. The van der Waals surface area contributed by atoms with Crippen molar-refractivity contribution in [3.05, 3.63) is 12.2 Å². The molecule has 0 spiro atoms. The molecule has 0 aromatic rings. The highest BCUT2D eigenvalue weighted by atomic mass is 16.7. The molecule has 21 heavy (non-hydrogen) atoms. The second-order valence-electron chi connectivity index (χ2n) is 6.06. The molecule has 0 aromatic heterocycles. The average molecular weight is 295 g/mol. The number of hydrogen-bond acceptors (Lipinski definition) is 3. The Morgan fingerprint density at radius 2 is 2.29 bits per heavy atom. The van der Waals surface area contributed by atoms with Crippen molar-refractivity contribution in [2.45, 2.75) is 83.1 Å². The summed E-state index contributed by atoms with van der Waals surface area (Å²) in [6.45, 7) is 3.03. The number of rotatable bonds is 8. The summed E-state index contributed by atoms with van der Waals surface area (Å²) < 4.78 is 11.8. The van der Waals surface area contributed by atoms with Crippen LogP contribution in [0.2, 0.25) is 0 Å². The first kappa shape index (κ1) is 16.5. The third-order valence-electron chi connectivity index (χ3n) is 4.14. The van der Waals surface area contributed by atoms with Gasteiger partial charge >= 0.3 is 0 Å². The normalized spacial score (nSPS) is 28.0. The van der Waals surface area contributed by atoms with Crippen LogP contribution in [0.4, 0.5) is 0 Å². The van der Waals surface area contributed by atoms with Crippen molar-refractivity contribution in [3.8, 4) is 0 Å². The largest absolute Gasteiger partial charge is 0.353 e. The van der Waals surface area contributed by atoms with Gasteiger partial charge in [-0.1, -0.05) is 38.3 Å². The zero-order chi connectivity index (χ0) is 14.9. The van der Waals surface area contributed by atoms with Gasteiger partial charge < -0.3 is 14.8 Å². The third kappa shape index (κ3) is 6.18. The molecular formula is C17H29NO3. The van der Waals surface area contributed by atoms with Crippen LogP contribution in [0.25, 0.3) is 0 Å². The highest BCUT2D eigenvalue weighted by molar-refractivity contribution is 5.78. The van der Waals surface area contributed by atoms with Gasteiger partial charge in [0.2, 0.25) is 5.91 Å². The number of nitrogens with one attached hydrogen (secondary N) is 1. The van der Waals surface area contributed by atoms with Gasteiger partial charge in [-0.3, -0.25) is 4.79 Å². The van der Waals surface area contributed by atoms with Crippen molar-refractivity contribution >= 4 is 5.91 Å². The fraction of sp³-hybridized carbons (Fsp3) is 0.824. The van der Waals surface area contributed by atoms with E-state index in [1.165, 1.54) is 25.7 Å². The first-order valence-electron chi connectivity index (χ1n) is 8.52. The summed E-state index contributed by atoms with van der Waals surface area (Å²) in [6.07, 6.45) is 13.8. The smallest absolute Gasteiger partial charge is 0.220 e. The van der Waals surface area contributed by atoms with Crippen LogP contribution in [0.15, 0.2) is 12.2 Å². The summed E-state index contributed by atoms with van der Waals surface area (Å²) in [5.41, 5.74) is 0. The molecular weight excluding hydrogens is 266 g/mol. The van der Waals surface area contributed by atoms with Crippen LogP contribution in [-0.2, 0) is 14.3 Å². The van der Waals surface area contributed by atoms with Crippen molar-refractivity contribution < 1.29 is 14.3 Å². The average Bonchev–Trinajstić information content (AvgIpc) is 2.91. The molecule has 2 rings (SSSR count). The number of carbonyl (C=O) groups is 1. The van der Waals surface area contributed by atoms with Crippen molar-refractivity contribution in [2.24, 2.45) is 0 Å². The molecule has 4 nitrogen and oxygen atoms in total. The van der Waals surface area contributed by atoms with Crippen molar-refractivity contribution in [3.63, 3.8) is 0 Å². The summed E-state index contributed by atoms with van der Waals surface area (Å²) in [6, 6.07) is 0.182. The predicted octanol–water partition coefficient (Wildman–Crippen LogP) is 3.31. The summed E-state index contributed by atoms with van der Waals surface area (Å²) in [5, 5.41) is 2.97. The molecule has 2 heterocycles. The van der Waals surface area contributed by atoms with Gasteiger partial charge in [0.05, 0.1) is 6.10 Å². The van der Waals surface area contributed by atoms with Crippen LogP contribution < -0.4 is 5.32 Å². The zero-order valence-corrected chi connectivity index (χ0v) is 13.2. The quantitative estimate of drug-likeness (QED) is 0.552. The number of carbonyl (C=O) groups excluding carboxylic acids is 1. The molecule has 0 radical (unpaired) electrons. The first-order valence-corrected chi connectivity index (χ1v) is 8.52. The number of ether oxygens (including phenoxy) is 2. The molecule has 1 amide bonds. The number of unbranched alkanes of at least 4 members (excludes halogenated alkanes) is 2. The Kier molecular flexibility index (Phi) is 7.24. The first-order chi connectivity index (χ1) is 10.3. The summed E-state index contributed by atoms with van der Waals surface area (Å²) in [5.74, 6) is 0.156. The minimum atomic E-state index is -0.0480. The molecule has 2 fully saturated rings. The van der Waals surface area contributed by atoms with Crippen LogP contribution in [0.5, 0.6) is 0 Å². The Morgan fingerprint density at radius 1 is 1.38 bits per heavy atom. The van der Waals surface area contributed by atoms with Crippen LogP contribution in [0.3, 0.4) is 0 Å². The molecule has 3 unspecified atom stereocenters. The second kappa shape index (κ2) is 9.21. The van der Waals surface area contributed by atoms with E-state index in [4.69, 9.17) is 9.47 Å². The highest BCUT2D eigenvalue weighted by Gasteiger charge is 2.20. The van der Waals surface area contributed by atoms with Crippen molar-refractivity contribution in [2.75, 3.05) is 6.61 Å². The van der Waals surface area contributed by atoms with E-state index in [2.05, 4.69) is 24.4 Å². The van der Waals surface area contributed by atoms with E-state index in [1.54, 1.807) is 0 Å². The second-order valence-corrected chi connectivity index (χ2v) is 6.06. The molecule has 0 bridgehead atoms. The Balaban J connectivity index is 1.81. The third-order valence-corrected chi connectivity index (χ3v) is 4.14. The molecule has 2 aliphatic heterocycles. The topological polar surface area (TPSA) is 47.6 Å². The minimum Gasteiger partial charge on any atom is -0.353 e. The van der Waals surface area contributed by atoms with Crippen LogP contribution >= 0.6 is 0 Å². The molecule has 2 saturated heterocycles. The Labute approximate surface area is 128 Å². The van der Waals surface area contributed by atoms with Gasteiger partial charge in [-0.25, -0.2) is 0 Å². The highest BCUT2D eigenvalue weighted by Crippen LogP contribution is 2.19. The monoisotopic (exact) mass is 295 g/mol. The fourth-order valence-corrected chi connectivity index (χ4v) is 2.86. The lowest BCUT2D eigenvalue weighted by atomic mass is 10.1. The molecule has 3 atom stereocenters. The van der Waals surface area contributed by atoms with E-state index >= 15 is 0 Å². The van der Waals surface area contributed by atoms with E-state index in [-0.39, 0.29) is 24.3 Å². The molecule has 1 N–H and O–H groups in total. The van der Waals surface area contributed by atoms with Crippen LogP contribution in [0, 0.1) is 0 Å². The summed E-state index contributed by atoms with van der Waals surface area (Å²) in [7, 11) is 0. The van der Waals surface area contributed by atoms with Gasteiger partial charge in [0, 0.05) is 19.1 Å². The summed E-state index contributed by atoms with van der Waals surface area (Å²) in [4.78, 5) is 11.2. The molecule has 0 aliphatic carbocycles. The number of amides is 1. The van der Waals surface area contributed by atoms with Gasteiger partial charge in [-0.15, -0.1) is 0 Å². The maximum absolute atomic E-state index is 11.2. The SMILES string of the molecule is CCCCCC(C=CC1CCC(=O)N1)OC1CCCCO1. The Hall–Kier alpha value is -0.870. The van der Waals surface area contributed by atoms with E-state index in [0.717, 1.165) is 32.3 Å². The lowest BCUT2D eigenvalue weighted by Gasteiger charge is -2.26. The molecule has 0 saturated carbocycles. The Bertz CT molecular complexity index is 337. The van der Waals surface area contributed by atoms with E-state index in [0.29, 0.717) is 6.42 Å². The van der Waals surface area contributed by atoms with Gasteiger partial charge in [-0.2, -0.15) is 0 Å². The molecule has 0 aromatic carbocycles. The van der Waals surface area contributed by atoms with Gasteiger partial charge in [0.25, 0.3) is 0 Å². The molecule has 120 valence electrons. The van der Waals surface area contributed by atoms with Crippen molar-refractivity contribution in [1.29, 1.82) is 0 Å². The number of hydrogen-bond donors (Lipinski definition) is 1. The van der Waals surface area contributed by atoms with Gasteiger partial charge in [-0.05, 0) is 32.1 Å². The van der Waals surface area contributed by atoms with E-state index < -0.39 is 0 Å². The van der Waals surface area contributed by atoms with Gasteiger partial charge in [0.15, 0.2) is 6.29 Å². The maximum atomic E-state index is 11.2. The zero-order valence-electron chi connectivity index (χ0n) is 13.2. The summed E-state index contributed by atoms with van der Waals surface area (Å²) >= 11 is 0. The maximum Gasteiger partial charge on any atom is 0.220 e. The van der Waals surface area contributed by atoms with E-state index in [1.807, 2.05) is 0 Å². The predicted molar refractivity (Wildman–Crippen MR) is 82.9 cm³/mol. The van der Waals surface area contributed by atoms with E-state index in [9.17, 15) is 4.79 Å². The fourth-order valence-electron chi connectivity index (χ4n) is 2.86. The standard InChI is InChI=1S/C17H29NO3/c1-2-3-4-7-15(21-17-8-5-6-13-20-17)11-9-14-10-12-16(19)18-14/h9,11,14-15,17H,2-8,10,12-13H2,1H3,(H,18,19). The molecule has 2 aliphatic rings. The lowest BCUT2D eigenvalue weighted by molar-refractivity contribution is -0.179. The van der Waals surface area contributed by atoms with Crippen LogP contribution in [-0.4, -0.2) is 30.9 Å². The molecule has 4 heteroatoms. The van der Waals surface area contributed by atoms with Crippen LogP contribution in [0.1, 0.15) is 64.7 Å². The van der Waals surface area contributed by atoms with Gasteiger partial charge in [0.1, 0.15) is 0 Å². The minimum absolute atomic E-state index is 0.0480.